The average Bonchev–Trinajstić information content (AvgIpc) is 2.53. The molecule has 1 aromatic carbocycles. The Bertz CT molecular complexity index is 565. The summed E-state index contributed by atoms with van der Waals surface area (Å²) in [6, 6.07) is 7.98. The summed E-state index contributed by atoms with van der Waals surface area (Å²) in [7, 11) is 0. The normalized spacial score (nSPS) is 21.9. The fourth-order valence-electron chi connectivity index (χ4n) is 2.71. The van der Waals surface area contributed by atoms with E-state index in [-0.39, 0.29) is 5.91 Å². The second kappa shape index (κ2) is 5.61. The molecule has 0 spiro atoms. The number of nitriles is 1. The lowest BCUT2D eigenvalue weighted by molar-refractivity contribution is 0.00346. The van der Waals surface area contributed by atoms with Gasteiger partial charge in [-0.2, -0.15) is 5.26 Å². The predicted octanol–water partition coefficient (Wildman–Crippen LogP) is 0.697. The summed E-state index contributed by atoms with van der Waals surface area (Å²) in [5, 5.41) is 12.2. The minimum Gasteiger partial charge on any atom is -0.360 e. The number of ether oxygens (including phenoxy) is 1. The largest absolute Gasteiger partial charge is 0.360 e. The molecule has 0 saturated carbocycles. The molecule has 1 unspecified atom stereocenters. The van der Waals surface area contributed by atoms with Crippen LogP contribution in [-0.4, -0.2) is 43.2 Å². The van der Waals surface area contributed by atoms with Gasteiger partial charge in [0.1, 0.15) is 0 Å². The third-order valence-corrected chi connectivity index (χ3v) is 3.84. The molecule has 2 heterocycles. The van der Waals surface area contributed by atoms with Gasteiger partial charge in [-0.15, -0.1) is 0 Å². The Labute approximate surface area is 118 Å². The summed E-state index contributed by atoms with van der Waals surface area (Å²) in [5.74, 6) is -0.0121. The SMILES string of the molecule is N#CC1CN(C(=O)c2ccc3c(c2)CNCC3)CCO1. The predicted molar refractivity (Wildman–Crippen MR) is 73.1 cm³/mol. The van der Waals surface area contributed by atoms with Crippen molar-refractivity contribution in [1.82, 2.24) is 10.2 Å². The third kappa shape index (κ3) is 2.53. The van der Waals surface area contributed by atoms with Crippen molar-refractivity contribution in [3.8, 4) is 6.07 Å². The van der Waals surface area contributed by atoms with E-state index >= 15 is 0 Å². The lowest BCUT2D eigenvalue weighted by Gasteiger charge is -2.30. The molecule has 1 saturated heterocycles. The number of hydrogen-bond acceptors (Lipinski definition) is 4. The molecule has 1 aromatic rings. The van der Waals surface area contributed by atoms with Crippen molar-refractivity contribution in [2.75, 3.05) is 26.2 Å². The zero-order valence-electron chi connectivity index (χ0n) is 11.3. The third-order valence-electron chi connectivity index (χ3n) is 3.84. The highest BCUT2D eigenvalue weighted by molar-refractivity contribution is 5.94. The van der Waals surface area contributed by atoms with Gasteiger partial charge in [-0.05, 0) is 36.2 Å². The number of nitrogens with one attached hydrogen (secondary N) is 1. The molecule has 0 radical (unpaired) electrons. The molecule has 5 nitrogen and oxygen atoms in total. The quantitative estimate of drug-likeness (QED) is 0.816. The number of carbonyl (C=O) groups excluding carboxylic acids is 1. The minimum absolute atomic E-state index is 0.0121. The topological polar surface area (TPSA) is 65.4 Å². The zero-order chi connectivity index (χ0) is 13.9. The maximum Gasteiger partial charge on any atom is 0.254 e. The molecule has 1 fully saturated rings. The van der Waals surface area contributed by atoms with Crippen LogP contribution < -0.4 is 5.32 Å². The van der Waals surface area contributed by atoms with E-state index in [0.717, 1.165) is 19.5 Å². The van der Waals surface area contributed by atoms with Crippen LogP contribution >= 0.6 is 0 Å². The van der Waals surface area contributed by atoms with E-state index in [2.05, 4.69) is 11.4 Å². The van der Waals surface area contributed by atoms with Crippen LogP contribution in [0.5, 0.6) is 0 Å². The monoisotopic (exact) mass is 271 g/mol. The first-order valence-electron chi connectivity index (χ1n) is 6.91. The van der Waals surface area contributed by atoms with Crippen LogP contribution in [0.2, 0.25) is 0 Å². The second-order valence-electron chi connectivity index (χ2n) is 5.15. The fourth-order valence-corrected chi connectivity index (χ4v) is 2.71. The lowest BCUT2D eigenvalue weighted by atomic mass is 9.98. The molecular formula is C15H17N3O2. The summed E-state index contributed by atoms with van der Waals surface area (Å²) in [4.78, 5) is 14.2. The molecular weight excluding hydrogens is 254 g/mol. The van der Waals surface area contributed by atoms with Crippen molar-refractivity contribution in [2.45, 2.75) is 19.1 Å². The highest BCUT2D eigenvalue weighted by Crippen LogP contribution is 2.18. The van der Waals surface area contributed by atoms with Gasteiger partial charge < -0.3 is 15.0 Å². The van der Waals surface area contributed by atoms with Gasteiger partial charge in [0.2, 0.25) is 0 Å². The fraction of sp³-hybridized carbons (Fsp3) is 0.467. The molecule has 1 amide bonds. The molecule has 0 aromatic heterocycles. The van der Waals surface area contributed by atoms with Crippen LogP contribution in [0.25, 0.3) is 0 Å². The number of amides is 1. The Balaban J connectivity index is 1.78. The highest BCUT2D eigenvalue weighted by Gasteiger charge is 2.25. The molecule has 0 aliphatic carbocycles. The number of morpholine rings is 1. The highest BCUT2D eigenvalue weighted by atomic mass is 16.5. The number of benzene rings is 1. The van der Waals surface area contributed by atoms with Crippen LogP contribution in [-0.2, 0) is 17.7 Å². The van der Waals surface area contributed by atoms with Crippen molar-refractivity contribution >= 4 is 5.91 Å². The van der Waals surface area contributed by atoms with E-state index < -0.39 is 6.10 Å². The lowest BCUT2D eigenvalue weighted by Crippen LogP contribution is -2.45. The standard InChI is InChI=1S/C15H17N3O2/c16-8-14-10-18(5-6-20-14)15(19)12-2-1-11-3-4-17-9-13(11)7-12/h1-2,7,14,17H,3-6,9-10H2. The molecule has 3 rings (SSSR count). The van der Waals surface area contributed by atoms with Gasteiger partial charge in [0, 0.05) is 18.7 Å². The van der Waals surface area contributed by atoms with Crippen molar-refractivity contribution in [2.24, 2.45) is 0 Å². The number of nitrogens with zero attached hydrogens (tertiary/aromatic N) is 2. The summed E-state index contributed by atoms with van der Waals surface area (Å²) >= 11 is 0. The number of rotatable bonds is 1. The van der Waals surface area contributed by atoms with Gasteiger partial charge >= 0.3 is 0 Å². The Kier molecular flexibility index (Phi) is 3.68. The summed E-state index contributed by atoms with van der Waals surface area (Å²) in [6.07, 6.45) is 0.504. The van der Waals surface area contributed by atoms with Gasteiger partial charge in [-0.25, -0.2) is 0 Å². The van der Waals surface area contributed by atoms with Gasteiger partial charge in [0.15, 0.2) is 6.10 Å². The maximum absolute atomic E-state index is 12.5. The zero-order valence-corrected chi connectivity index (χ0v) is 11.3. The maximum atomic E-state index is 12.5. The summed E-state index contributed by atoms with van der Waals surface area (Å²) in [6.45, 7) is 3.14. The Morgan fingerprint density at radius 1 is 1.45 bits per heavy atom. The van der Waals surface area contributed by atoms with Crippen LogP contribution in [0.1, 0.15) is 21.5 Å². The van der Waals surface area contributed by atoms with E-state index in [1.54, 1.807) is 4.90 Å². The minimum atomic E-state index is -0.507. The molecule has 2 aliphatic heterocycles. The number of carbonyl (C=O) groups is 1. The molecule has 1 atom stereocenters. The number of fused-ring (bicyclic) bond motifs is 1. The smallest absolute Gasteiger partial charge is 0.254 e. The summed E-state index contributed by atoms with van der Waals surface area (Å²) in [5.41, 5.74) is 3.22. The Hall–Kier alpha value is -1.90. The van der Waals surface area contributed by atoms with Crippen LogP contribution in [0.15, 0.2) is 18.2 Å². The van der Waals surface area contributed by atoms with E-state index in [1.165, 1.54) is 11.1 Å². The van der Waals surface area contributed by atoms with E-state index in [4.69, 9.17) is 10.00 Å². The van der Waals surface area contributed by atoms with Crippen LogP contribution in [0.3, 0.4) is 0 Å². The van der Waals surface area contributed by atoms with E-state index in [1.807, 2.05) is 18.2 Å². The van der Waals surface area contributed by atoms with Crippen molar-refractivity contribution in [3.63, 3.8) is 0 Å². The first kappa shape index (κ1) is 13.1. The van der Waals surface area contributed by atoms with E-state index in [9.17, 15) is 4.79 Å². The van der Waals surface area contributed by atoms with Crippen molar-refractivity contribution in [3.05, 3.63) is 34.9 Å². The Morgan fingerprint density at radius 3 is 3.20 bits per heavy atom. The van der Waals surface area contributed by atoms with Gasteiger partial charge in [0.05, 0.1) is 19.2 Å². The van der Waals surface area contributed by atoms with Crippen LogP contribution in [0, 0.1) is 11.3 Å². The molecule has 0 bridgehead atoms. The second-order valence-corrected chi connectivity index (χ2v) is 5.15. The van der Waals surface area contributed by atoms with Crippen LogP contribution in [0.4, 0.5) is 0 Å². The molecule has 1 N–H and O–H groups in total. The molecule has 5 heteroatoms. The van der Waals surface area contributed by atoms with Crippen molar-refractivity contribution < 1.29 is 9.53 Å². The molecule has 104 valence electrons. The average molecular weight is 271 g/mol. The molecule has 2 aliphatic rings. The first-order chi connectivity index (χ1) is 9.78. The molecule has 20 heavy (non-hydrogen) atoms. The number of hydrogen-bond donors (Lipinski definition) is 1. The van der Waals surface area contributed by atoms with Gasteiger partial charge in [-0.3, -0.25) is 4.79 Å². The van der Waals surface area contributed by atoms with Crippen molar-refractivity contribution in [1.29, 1.82) is 5.26 Å². The van der Waals surface area contributed by atoms with Gasteiger partial charge in [0.25, 0.3) is 5.91 Å². The Morgan fingerprint density at radius 2 is 2.35 bits per heavy atom. The van der Waals surface area contributed by atoms with E-state index in [0.29, 0.717) is 25.3 Å². The summed E-state index contributed by atoms with van der Waals surface area (Å²) < 4.78 is 5.27. The van der Waals surface area contributed by atoms with Gasteiger partial charge in [-0.1, -0.05) is 6.07 Å². The first-order valence-corrected chi connectivity index (χ1v) is 6.91.